The molecule has 2 aromatic rings. The molecule has 140 valence electrons. The van der Waals surface area contributed by atoms with Gasteiger partial charge in [-0.3, -0.25) is 4.79 Å². The van der Waals surface area contributed by atoms with E-state index in [1.165, 1.54) is 0 Å². The summed E-state index contributed by atoms with van der Waals surface area (Å²) in [6.07, 6.45) is -0.384. The molecule has 0 fully saturated rings. The van der Waals surface area contributed by atoms with Gasteiger partial charge in [-0.25, -0.2) is 8.42 Å². The van der Waals surface area contributed by atoms with E-state index in [-0.39, 0.29) is 25.0 Å². The largest absolute Gasteiger partial charge is 0.486 e. The van der Waals surface area contributed by atoms with Crippen LogP contribution in [0.2, 0.25) is 0 Å². The minimum absolute atomic E-state index is 0.152. The molecular weight excluding hydrogens is 368 g/mol. The van der Waals surface area contributed by atoms with Gasteiger partial charge in [0.05, 0.1) is 23.9 Å². The number of fused-ring (bicyclic) bond motifs is 1. The summed E-state index contributed by atoms with van der Waals surface area (Å²) in [4.78, 5) is 12.0. The molecule has 0 saturated carbocycles. The molecule has 0 bridgehead atoms. The van der Waals surface area contributed by atoms with Crippen LogP contribution in [-0.4, -0.2) is 39.3 Å². The summed E-state index contributed by atoms with van der Waals surface area (Å²) in [6.45, 7) is 0.425. The molecule has 8 heteroatoms. The molecule has 1 atom stereocenters. The molecule has 0 aromatic heterocycles. The molecule has 1 unspecified atom stereocenters. The lowest BCUT2D eigenvalue weighted by molar-refractivity contribution is -0.119. The molecule has 1 amide bonds. The van der Waals surface area contributed by atoms with Gasteiger partial charge in [-0.1, -0.05) is 24.3 Å². The summed E-state index contributed by atoms with van der Waals surface area (Å²) in [6, 6.07) is 15.4. The van der Waals surface area contributed by atoms with Crippen LogP contribution in [0, 0.1) is 11.3 Å². The average Bonchev–Trinajstić information content (AvgIpc) is 2.66. The zero-order valence-corrected chi connectivity index (χ0v) is 15.2. The first-order valence-corrected chi connectivity index (χ1v) is 10.1. The van der Waals surface area contributed by atoms with Crippen molar-refractivity contribution in [3.8, 4) is 17.6 Å². The van der Waals surface area contributed by atoms with Crippen molar-refractivity contribution in [3.63, 3.8) is 0 Å². The lowest BCUT2D eigenvalue weighted by Gasteiger charge is -2.26. The first-order valence-electron chi connectivity index (χ1n) is 8.30. The van der Waals surface area contributed by atoms with Crippen LogP contribution >= 0.6 is 0 Å². The van der Waals surface area contributed by atoms with E-state index in [1.54, 1.807) is 36.4 Å². The standard InChI is InChI=1S/C19H18N2O5S/c20-9-14-5-7-15(8-6-14)12-27(23,24)13-19(22)21-10-16-11-25-17-3-1-2-4-18(17)26-16/h1-8,16H,10-13H2,(H,21,22). The Kier molecular flexibility index (Phi) is 5.62. The van der Waals surface area contributed by atoms with Gasteiger partial charge in [0.1, 0.15) is 18.5 Å². The maximum atomic E-state index is 12.2. The molecule has 0 radical (unpaired) electrons. The summed E-state index contributed by atoms with van der Waals surface area (Å²) in [5.74, 6) is -0.229. The van der Waals surface area contributed by atoms with Crippen molar-refractivity contribution in [2.45, 2.75) is 11.9 Å². The summed E-state index contributed by atoms with van der Waals surface area (Å²) < 4.78 is 35.7. The number of nitrogens with one attached hydrogen (secondary N) is 1. The van der Waals surface area contributed by atoms with Crippen molar-refractivity contribution in [1.82, 2.24) is 5.32 Å². The van der Waals surface area contributed by atoms with Gasteiger partial charge in [0.15, 0.2) is 21.3 Å². The number of carbonyl (C=O) groups is 1. The van der Waals surface area contributed by atoms with Crippen LogP contribution in [0.4, 0.5) is 0 Å². The number of para-hydroxylation sites is 2. The van der Waals surface area contributed by atoms with Crippen molar-refractivity contribution in [2.75, 3.05) is 18.9 Å². The van der Waals surface area contributed by atoms with Crippen molar-refractivity contribution in [3.05, 3.63) is 59.7 Å². The predicted molar refractivity (Wildman–Crippen MR) is 98.0 cm³/mol. The highest BCUT2D eigenvalue weighted by Crippen LogP contribution is 2.30. The number of nitrogens with zero attached hydrogens (tertiary/aromatic N) is 1. The normalized spacial score (nSPS) is 15.6. The predicted octanol–water partition coefficient (Wildman–Crippen LogP) is 1.43. The van der Waals surface area contributed by atoms with Crippen molar-refractivity contribution in [2.24, 2.45) is 0 Å². The van der Waals surface area contributed by atoms with Gasteiger partial charge in [-0.15, -0.1) is 0 Å². The van der Waals surface area contributed by atoms with E-state index in [4.69, 9.17) is 14.7 Å². The second kappa shape index (κ2) is 8.10. The van der Waals surface area contributed by atoms with Gasteiger partial charge in [0, 0.05) is 0 Å². The van der Waals surface area contributed by atoms with Gasteiger partial charge in [0.25, 0.3) is 0 Å². The molecule has 27 heavy (non-hydrogen) atoms. The minimum Gasteiger partial charge on any atom is -0.486 e. The molecule has 1 aliphatic heterocycles. The molecule has 0 spiro atoms. The van der Waals surface area contributed by atoms with Crippen LogP contribution in [-0.2, 0) is 20.4 Å². The number of carbonyl (C=O) groups excluding carboxylic acids is 1. The highest BCUT2D eigenvalue weighted by molar-refractivity contribution is 7.91. The van der Waals surface area contributed by atoms with Gasteiger partial charge < -0.3 is 14.8 Å². The molecule has 0 aliphatic carbocycles. The van der Waals surface area contributed by atoms with Crippen LogP contribution in [0.5, 0.6) is 11.5 Å². The first kappa shape index (κ1) is 18.7. The van der Waals surface area contributed by atoms with Crippen LogP contribution in [0.1, 0.15) is 11.1 Å². The molecule has 1 heterocycles. The summed E-state index contributed by atoms with van der Waals surface area (Å²) >= 11 is 0. The second-order valence-corrected chi connectivity index (χ2v) is 8.21. The van der Waals surface area contributed by atoms with E-state index in [9.17, 15) is 13.2 Å². The Bertz CT molecular complexity index is 964. The number of amides is 1. The van der Waals surface area contributed by atoms with Crippen molar-refractivity contribution >= 4 is 15.7 Å². The van der Waals surface area contributed by atoms with Crippen molar-refractivity contribution in [1.29, 1.82) is 5.26 Å². The van der Waals surface area contributed by atoms with Gasteiger partial charge >= 0.3 is 0 Å². The van der Waals surface area contributed by atoms with Gasteiger partial charge in [0.2, 0.25) is 5.91 Å². The Hall–Kier alpha value is -3.05. The summed E-state index contributed by atoms with van der Waals surface area (Å²) in [5, 5.41) is 11.3. The van der Waals surface area contributed by atoms with E-state index in [0.717, 1.165) is 0 Å². The maximum Gasteiger partial charge on any atom is 0.235 e. The highest BCUT2D eigenvalue weighted by Gasteiger charge is 2.23. The fourth-order valence-electron chi connectivity index (χ4n) is 2.62. The van der Waals surface area contributed by atoms with Gasteiger partial charge in [-0.05, 0) is 29.8 Å². The average molecular weight is 386 g/mol. The maximum absolute atomic E-state index is 12.2. The molecule has 1 aliphatic rings. The van der Waals surface area contributed by atoms with Crippen LogP contribution in [0.25, 0.3) is 0 Å². The highest BCUT2D eigenvalue weighted by atomic mass is 32.2. The summed E-state index contributed by atoms with van der Waals surface area (Å²) in [7, 11) is -3.62. The number of ether oxygens (including phenoxy) is 2. The molecule has 7 nitrogen and oxygen atoms in total. The Morgan fingerprint density at radius 1 is 1.15 bits per heavy atom. The lowest BCUT2D eigenvalue weighted by atomic mass is 10.2. The van der Waals surface area contributed by atoms with E-state index >= 15 is 0 Å². The first-order chi connectivity index (χ1) is 12.9. The third-order valence-corrected chi connectivity index (χ3v) is 5.39. The lowest BCUT2D eigenvalue weighted by Crippen LogP contribution is -2.42. The zero-order valence-electron chi connectivity index (χ0n) is 14.4. The molecule has 2 aromatic carbocycles. The Balaban J connectivity index is 1.49. The number of hydrogen-bond acceptors (Lipinski definition) is 6. The van der Waals surface area contributed by atoms with Crippen molar-refractivity contribution < 1.29 is 22.7 Å². The van der Waals surface area contributed by atoms with Crippen LogP contribution < -0.4 is 14.8 Å². The molecule has 3 rings (SSSR count). The Labute approximate surface area is 157 Å². The molecule has 1 N–H and O–H groups in total. The fourth-order valence-corrected chi connectivity index (χ4v) is 3.93. The number of rotatable bonds is 6. The van der Waals surface area contributed by atoms with E-state index in [2.05, 4.69) is 5.32 Å². The minimum atomic E-state index is -3.62. The third-order valence-electron chi connectivity index (χ3n) is 3.92. The fraction of sp³-hybridized carbons (Fsp3) is 0.263. The topological polar surface area (TPSA) is 105 Å². The zero-order chi connectivity index (χ0) is 19.3. The third kappa shape index (κ3) is 5.21. The van der Waals surface area contributed by atoms with E-state index in [1.807, 2.05) is 18.2 Å². The smallest absolute Gasteiger partial charge is 0.235 e. The number of nitriles is 1. The number of hydrogen-bond donors (Lipinski definition) is 1. The number of benzene rings is 2. The molecule has 0 saturated heterocycles. The monoisotopic (exact) mass is 386 g/mol. The van der Waals surface area contributed by atoms with E-state index < -0.39 is 21.5 Å². The molecular formula is C19H18N2O5S. The number of sulfone groups is 1. The Morgan fingerprint density at radius 3 is 2.56 bits per heavy atom. The second-order valence-electron chi connectivity index (χ2n) is 6.14. The quantitative estimate of drug-likeness (QED) is 0.805. The van der Waals surface area contributed by atoms with Crippen LogP contribution in [0.15, 0.2) is 48.5 Å². The SMILES string of the molecule is N#Cc1ccc(CS(=O)(=O)CC(=O)NCC2COc3ccccc3O2)cc1. The summed E-state index contributed by atoms with van der Waals surface area (Å²) in [5.41, 5.74) is 0.979. The Morgan fingerprint density at radius 2 is 1.85 bits per heavy atom. The van der Waals surface area contributed by atoms with E-state index in [0.29, 0.717) is 22.6 Å². The van der Waals surface area contributed by atoms with Crippen LogP contribution in [0.3, 0.4) is 0 Å². The van der Waals surface area contributed by atoms with Gasteiger partial charge in [-0.2, -0.15) is 5.26 Å².